The monoisotopic (exact) mass is 345 g/mol. The summed E-state index contributed by atoms with van der Waals surface area (Å²) in [6.45, 7) is 0. The summed E-state index contributed by atoms with van der Waals surface area (Å²) in [5.41, 5.74) is 9.71. The lowest BCUT2D eigenvalue weighted by molar-refractivity contribution is 1.38. The van der Waals surface area contributed by atoms with E-state index in [1.54, 1.807) is 0 Å². The Kier molecular flexibility index (Phi) is 3.91. The normalized spacial score (nSPS) is 12.5. The Labute approximate surface area is 159 Å². The summed E-state index contributed by atoms with van der Waals surface area (Å²) < 4.78 is 0. The van der Waals surface area contributed by atoms with Gasteiger partial charge in [-0.05, 0) is 45.5 Å². The fourth-order valence-corrected chi connectivity index (χ4v) is 3.75. The quantitative estimate of drug-likeness (QED) is 0.392. The van der Waals surface area contributed by atoms with E-state index in [1.807, 2.05) is 6.07 Å². The van der Waals surface area contributed by atoms with Gasteiger partial charge in [0.05, 0.1) is 11.4 Å². The maximum absolute atomic E-state index is 4.96. The summed E-state index contributed by atoms with van der Waals surface area (Å²) in [6, 6.07) is 36.3. The Morgan fingerprint density at radius 3 is 1.56 bits per heavy atom. The second-order valence-corrected chi connectivity index (χ2v) is 6.86. The van der Waals surface area contributed by atoms with E-state index in [0.29, 0.717) is 0 Å². The minimum atomic E-state index is 0.883. The van der Waals surface area contributed by atoms with E-state index >= 15 is 0 Å². The number of benzene rings is 4. The van der Waals surface area contributed by atoms with Crippen molar-refractivity contribution in [1.82, 2.24) is 0 Å². The number of fused-ring (bicyclic) bond motifs is 1. The van der Waals surface area contributed by atoms with Gasteiger partial charge >= 0.3 is 0 Å². The van der Waals surface area contributed by atoms with Crippen LogP contribution in [0.25, 0.3) is 22.3 Å². The molecule has 0 unspecified atom stereocenters. The minimum Gasteiger partial charge on any atom is -0.252 e. The second-order valence-electron chi connectivity index (χ2n) is 6.86. The molecule has 0 aromatic heterocycles. The van der Waals surface area contributed by atoms with Crippen molar-refractivity contribution in [3.05, 3.63) is 114 Å². The van der Waals surface area contributed by atoms with Crippen molar-refractivity contribution in [2.24, 2.45) is 4.99 Å². The number of hydrogen-bond acceptors (Lipinski definition) is 1. The summed E-state index contributed by atoms with van der Waals surface area (Å²) in [4.78, 5) is 4.96. The molecule has 1 aliphatic rings. The smallest absolute Gasteiger partial charge is 0.0675 e. The summed E-state index contributed by atoms with van der Waals surface area (Å²) in [5, 5.41) is 0. The highest BCUT2D eigenvalue weighted by molar-refractivity contribution is 6.07. The van der Waals surface area contributed by atoms with Gasteiger partial charge in [-0.1, -0.05) is 91.0 Å². The van der Waals surface area contributed by atoms with Gasteiger partial charge in [-0.15, -0.1) is 0 Å². The van der Waals surface area contributed by atoms with Crippen LogP contribution in [-0.4, -0.2) is 5.71 Å². The lowest BCUT2D eigenvalue weighted by atomic mass is 9.91. The van der Waals surface area contributed by atoms with Gasteiger partial charge in [-0.3, -0.25) is 4.99 Å². The van der Waals surface area contributed by atoms with Crippen molar-refractivity contribution in [3.63, 3.8) is 0 Å². The Morgan fingerprint density at radius 2 is 1.00 bits per heavy atom. The molecule has 5 rings (SSSR count). The summed E-state index contributed by atoms with van der Waals surface area (Å²) in [6.07, 6.45) is 0.883. The molecule has 0 radical (unpaired) electrons. The Hall–Kier alpha value is -3.45. The Balaban J connectivity index is 1.67. The molecule has 0 amide bonds. The number of rotatable bonds is 3. The van der Waals surface area contributed by atoms with Gasteiger partial charge in [0.15, 0.2) is 0 Å². The van der Waals surface area contributed by atoms with Crippen LogP contribution in [0.1, 0.15) is 11.1 Å². The molecule has 0 saturated carbocycles. The van der Waals surface area contributed by atoms with Crippen molar-refractivity contribution in [1.29, 1.82) is 0 Å². The summed E-state index contributed by atoms with van der Waals surface area (Å²) in [5.74, 6) is 0. The van der Waals surface area contributed by atoms with Gasteiger partial charge in [0, 0.05) is 6.42 Å². The molecule has 4 aromatic rings. The van der Waals surface area contributed by atoms with Crippen molar-refractivity contribution in [2.45, 2.75) is 6.42 Å². The highest BCUT2D eigenvalue weighted by Gasteiger charge is 2.19. The van der Waals surface area contributed by atoms with Gasteiger partial charge in [-0.25, -0.2) is 0 Å². The first-order chi connectivity index (χ1) is 13.4. The van der Waals surface area contributed by atoms with Gasteiger partial charge in [0.2, 0.25) is 0 Å². The summed E-state index contributed by atoms with van der Waals surface area (Å²) in [7, 11) is 0. The predicted molar refractivity (Wildman–Crippen MR) is 114 cm³/mol. The van der Waals surface area contributed by atoms with E-state index in [4.69, 9.17) is 4.99 Å². The molecule has 0 spiro atoms. The van der Waals surface area contributed by atoms with Gasteiger partial charge in [0.1, 0.15) is 0 Å². The molecular formula is C26H19N. The highest BCUT2D eigenvalue weighted by Crippen LogP contribution is 2.40. The van der Waals surface area contributed by atoms with Gasteiger partial charge < -0.3 is 0 Å². The molecule has 27 heavy (non-hydrogen) atoms. The largest absolute Gasteiger partial charge is 0.252 e. The van der Waals surface area contributed by atoms with Crippen LogP contribution >= 0.6 is 0 Å². The molecule has 1 heterocycles. The molecular weight excluding hydrogens is 326 g/mol. The standard InChI is InChI=1S/C26H19N/c1-4-10-19(11-5-1)23-16-22-17-25(21-14-8-3-9-15-21)27-26(22)18-24(23)20-12-6-2-7-13-20/h1-16,18H,17H2. The molecule has 0 aliphatic carbocycles. The van der Waals surface area contributed by atoms with Crippen molar-refractivity contribution < 1.29 is 0 Å². The fourth-order valence-electron chi connectivity index (χ4n) is 3.75. The van der Waals surface area contributed by atoms with Crippen molar-refractivity contribution in [3.8, 4) is 22.3 Å². The third-order valence-electron chi connectivity index (χ3n) is 5.11. The van der Waals surface area contributed by atoms with Crippen LogP contribution in [0.2, 0.25) is 0 Å². The zero-order chi connectivity index (χ0) is 18.1. The van der Waals surface area contributed by atoms with Crippen LogP contribution in [0.3, 0.4) is 0 Å². The molecule has 0 saturated heterocycles. The summed E-state index contributed by atoms with van der Waals surface area (Å²) >= 11 is 0. The molecule has 0 fully saturated rings. The fraction of sp³-hybridized carbons (Fsp3) is 0.0385. The zero-order valence-electron chi connectivity index (χ0n) is 15.0. The Morgan fingerprint density at radius 1 is 0.519 bits per heavy atom. The first kappa shape index (κ1) is 15.8. The van der Waals surface area contributed by atoms with Crippen molar-refractivity contribution >= 4 is 11.4 Å². The highest BCUT2D eigenvalue weighted by atomic mass is 14.8. The van der Waals surface area contributed by atoms with E-state index in [2.05, 4.69) is 97.1 Å². The number of hydrogen-bond donors (Lipinski definition) is 0. The van der Waals surface area contributed by atoms with E-state index in [9.17, 15) is 0 Å². The van der Waals surface area contributed by atoms with Gasteiger partial charge in [-0.2, -0.15) is 0 Å². The average molecular weight is 345 g/mol. The number of nitrogens with zero attached hydrogens (tertiary/aromatic N) is 1. The molecule has 0 atom stereocenters. The molecule has 4 aromatic carbocycles. The predicted octanol–water partition coefficient (Wildman–Crippen LogP) is 6.70. The maximum atomic E-state index is 4.96. The SMILES string of the molecule is c1ccc(C2=Nc3cc(-c4ccccc4)c(-c4ccccc4)cc3C2)cc1. The van der Waals surface area contributed by atoms with Crippen LogP contribution in [0.4, 0.5) is 5.69 Å². The van der Waals surface area contributed by atoms with Crippen LogP contribution in [-0.2, 0) is 6.42 Å². The lowest BCUT2D eigenvalue weighted by Crippen LogP contribution is -1.99. The van der Waals surface area contributed by atoms with E-state index in [1.165, 1.54) is 33.4 Å². The number of aliphatic imine (C=N–C) groups is 1. The van der Waals surface area contributed by atoms with Crippen LogP contribution < -0.4 is 0 Å². The Bertz CT molecular complexity index is 1110. The average Bonchev–Trinajstić information content (AvgIpc) is 3.18. The molecule has 0 N–H and O–H groups in total. The van der Waals surface area contributed by atoms with Crippen LogP contribution in [0.15, 0.2) is 108 Å². The van der Waals surface area contributed by atoms with Gasteiger partial charge in [0.25, 0.3) is 0 Å². The van der Waals surface area contributed by atoms with E-state index in [-0.39, 0.29) is 0 Å². The molecule has 128 valence electrons. The van der Waals surface area contributed by atoms with Crippen LogP contribution in [0.5, 0.6) is 0 Å². The second kappa shape index (κ2) is 6.69. The molecule has 1 heteroatoms. The third kappa shape index (κ3) is 2.98. The van der Waals surface area contributed by atoms with E-state index < -0.39 is 0 Å². The first-order valence-corrected chi connectivity index (χ1v) is 9.29. The lowest BCUT2D eigenvalue weighted by Gasteiger charge is -2.13. The van der Waals surface area contributed by atoms with E-state index in [0.717, 1.165) is 17.8 Å². The zero-order valence-corrected chi connectivity index (χ0v) is 15.0. The maximum Gasteiger partial charge on any atom is 0.0675 e. The molecule has 0 bridgehead atoms. The van der Waals surface area contributed by atoms with Crippen molar-refractivity contribution in [2.75, 3.05) is 0 Å². The first-order valence-electron chi connectivity index (χ1n) is 9.29. The topological polar surface area (TPSA) is 12.4 Å². The molecule has 1 nitrogen and oxygen atoms in total. The minimum absolute atomic E-state index is 0.883. The third-order valence-corrected chi connectivity index (χ3v) is 5.11. The molecule has 1 aliphatic heterocycles. The van der Waals surface area contributed by atoms with Crippen LogP contribution in [0, 0.1) is 0 Å².